The summed E-state index contributed by atoms with van der Waals surface area (Å²) in [6.45, 7) is -3.05. The molecule has 0 unspecified atom stereocenters. The Hall–Kier alpha value is 0.0800. The zero-order valence-electron chi connectivity index (χ0n) is 7.25. The first-order valence-electron chi connectivity index (χ1n) is 3.60. The molecule has 0 bridgehead atoms. The molecule has 1 aromatic carbocycles. The zero-order chi connectivity index (χ0) is 12.5. The second-order valence-electron chi connectivity index (χ2n) is 2.53. The predicted molar refractivity (Wildman–Crippen MR) is 61.5 cm³/mol. The average molecular weight is 400 g/mol. The van der Waals surface area contributed by atoms with Gasteiger partial charge in [-0.1, -0.05) is 0 Å². The zero-order valence-corrected chi connectivity index (χ0v) is 12.0. The molecule has 0 fully saturated rings. The summed E-state index contributed by atoms with van der Waals surface area (Å²) in [4.78, 5) is -0.340. The molecule has 0 radical (unpaired) electrons. The number of halogens is 5. The summed E-state index contributed by atoms with van der Waals surface area (Å²) in [5.74, 6) is -0.308. The van der Waals surface area contributed by atoms with Gasteiger partial charge in [0.1, 0.15) is 10.6 Å². The Morgan fingerprint density at radius 3 is 2.25 bits per heavy atom. The normalized spacial score (nSPS) is 11.9. The Bertz CT molecular complexity index is 507. The lowest BCUT2D eigenvalue weighted by Gasteiger charge is -2.09. The number of alkyl halides is 2. The third-order valence-corrected chi connectivity index (χ3v) is 4.37. The molecule has 0 aromatic heterocycles. The second-order valence-corrected chi connectivity index (χ2v) is 6.77. The van der Waals surface area contributed by atoms with Crippen LogP contribution in [0.15, 0.2) is 26.0 Å². The third kappa shape index (κ3) is 3.54. The molecule has 0 saturated carbocycles. The third-order valence-electron chi connectivity index (χ3n) is 1.47. The van der Waals surface area contributed by atoms with Crippen LogP contribution in [0.2, 0.25) is 0 Å². The van der Waals surface area contributed by atoms with Gasteiger partial charge in [-0.25, -0.2) is 8.42 Å². The van der Waals surface area contributed by atoms with Gasteiger partial charge in [-0.3, -0.25) is 0 Å². The Balaban J connectivity index is 3.33. The van der Waals surface area contributed by atoms with Gasteiger partial charge in [-0.15, -0.1) is 0 Å². The van der Waals surface area contributed by atoms with E-state index in [1.165, 1.54) is 6.07 Å². The van der Waals surface area contributed by atoms with Crippen molar-refractivity contribution in [2.75, 3.05) is 0 Å². The topological polar surface area (TPSA) is 43.4 Å². The van der Waals surface area contributed by atoms with Crippen molar-refractivity contribution in [2.24, 2.45) is 0 Å². The average Bonchev–Trinajstić information content (AvgIpc) is 2.06. The summed E-state index contributed by atoms with van der Waals surface area (Å²) in [5.41, 5.74) is 0. The van der Waals surface area contributed by atoms with Crippen molar-refractivity contribution in [3.8, 4) is 5.75 Å². The van der Waals surface area contributed by atoms with Crippen molar-refractivity contribution in [1.82, 2.24) is 0 Å². The lowest BCUT2D eigenvalue weighted by Crippen LogP contribution is -2.04. The molecule has 1 rings (SSSR count). The molecule has 90 valence electrons. The summed E-state index contributed by atoms with van der Waals surface area (Å²) in [5, 5.41) is 0. The second kappa shape index (κ2) is 5.16. The molecular formula is C7H3Br2ClF2O3S. The summed E-state index contributed by atoms with van der Waals surface area (Å²) >= 11 is 5.90. The Morgan fingerprint density at radius 1 is 1.25 bits per heavy atom. The lowest BCUT2D eigenvalue weighted by molar-refractivity contribution is -0.0505. The monoisotopic (exact) mass is 398 g/mol. The van der Waals surface area contributed by atoms with Crippen molar-refractivity contribution >= 4 is 51.6 Å². The minimum atomic E-state index is -4.03. The van der Waals surface area contributed by atoms with Gasteiger partial charge >= 0.3 is 6.61 Å². The van der Waals surface area contributed by atoms with Gasteiger partial charge in [0.25, 0.3) is 9.05 Å². The van der Waals surface area contributed by atoms with Crippen LogP contribution in [0.25, 0.3) is 0 Å². The van der Waals surface area contributed by atoms with Crippen LogP contribution in [0.4, 0.5) is 8.78 Å². The summed E-state index contributed by atoms with van der Waals surface area (Å²) < 4.78 is 50.6. The molecule has 0 N–H and O–H groups in total. The maximum absolute atomic E-state index is 12.0. The minimum absolute atomic E-state index is 0.149. The highest BCUT2D eigenvalue weighted by Crippen LogP contribution is 2.36. The predicted octanol–water partition coefficient (Wildman–Crippen LogP) is 3.74. The number of rotatable bonds is 3. The first-order valence-corrected chi connectivity index (χ1v) is 7.50. The van der Waals surface area contributed by atoms with Crippen LogP contribution in [0.5, 0.6) is 5.75 Å². The Morgan fingerprint density at radius 2 is 1.81 bits per heavy atom. The van der Waals surface area contributed by atoms with E-state index < -0.39 is 15.7 Å². The van der Waals surface area contributed by atoms with Crippen LogP contribution in [0.1, 0.15) is 0 Å². The van der Waals surface area contributed by atoms with E-state index in [2.05, 4.69) is 36.6 Å². The van der Waals surface area contributed by atoms with Gasteiger partial charge in [0.2, 0.25) is 0 Å². The maximum atomic E-state index is 12.0. The van der Waals surface area contributed by atoms with E-state index >= 15 is 0 Å². The fraction of sp³-hybridized carbons (Fsp3) is 0.143. The van der Waals surface area contributed by atoms with Crippen LogP contribution in [-0.2, 0) is 9.05 Å². The van der Waals surface area contributed by atoms with E-state index in [-0.39, 0.29) is 19.6 Å². The van der Waals surface area contributed by atoms with E-state index in [1.54, 1.807) is 0 Å². The standard InChI is InChI=1S/C7H3Br2ClF2O3S/c8-3-1-4(9)6(16(10,13)14)2-5(3)15-7(11)12/h1-2,7H. The van der Waals surface area contributed by atoms with Crippen molar-refractivity contribution in [3.05, 3.63) is 21.1 Å². The van der Waals surface area contributed by atoms with Crippen LogP contribution in [0, 0.1) is 0 Å². The summed E-state index contributed by atoms with van der Waals surface area (Å²) in [6.07, 6.45) is 0. The molecule has 0 aliphatic carbocycles. The molecule has 0 atom stereocenters. The number of hydrogen-bond donors (Lipinski definition) is 0. The first-order chi connectivity index (χ1) is 7.21. The molecule has 0 spiro atoms. The summed E-state index contributed by atoms with van der Waals surface area (Å²) in [7, 11) is 1.08. The van der Waals surface area contributed by atoms with E-state index in [0.29, 0.717) is 0 Å². The molecule has 0 aliphatic rings. The minimum Gasteiger partial charge on any atom is -0.434 e. The number of hydrogen-bond acceptors (Lipinski definition) is 3. The highest BCUT2D eigenvalue weighted by Gasteiger charge is 2.19. The SMILES string of the molecule is O=S(=O)(Cl)c1cc(OC(F)F)c(Br)cc1Br. The Kier molecular flexibility index (Phi) is 4.56. The fourth-order valence-corrected chi connectivity index (χ4v) is 3.81. The van der Waals surface area contributed by atoms with E-state index in [1.807, 2.05) is 0 Å². The van der Waals surface area contributed by atoms with Gasteiger partial charge in [-0.2, -0.15) is 8.78 Å². The van der Waals surface area contributed by atoms with E-state index in [9.17, 15) is 17.2 Å². The van der Waals surface area contributed by atoms with E-state index in [0.717, 1.165) is 6.07 Å². The molecule has 9 heteroatoms. The van der Waals surface area contributed by atoms with Gasteiger partial charge < -0.3 is 4.74 Å². The number of ether oxygens (including phenoxy) is 1. The molecule has 0 heterocycles. The summed E-state index contributed by atoms with van der Waals surface area (Å²) in [6, 6.07) is 2.16. The first kappa shape index (κ1) is 14.1. The smallest absolute Gasteiger partial charge is 0.387 e. The van der Waals surface area contributed by atoms with Crippen LogP contribution in [-0.4, -0.2) is 15.0 Å². The largest absolute Gasteiger partial charge is 0.434 e. The van der Waals surface area contributed by atoms with Crippen LogP contribution < -0.4 is 4.74 Å². The molecule has 16 heavy (non-hydrogen) atoms. The molecule has 3 nitrogen and oxygen atoms in total. The van der Waals surface area contributed by atoms with Gasteiger partial charge in [0.15, 0.2) is 0 Å². The van der Waals surface area contributed by atoms with Crippen molar-refractivity contribution in [3.63, 3.8) is 0 Å². The highest BCUT2D eigenvalue weighted by atomic mass is 79.9. The van der Waals surface area contributed by atoms with Crippen LogP contribution in [0.3, 0.4) is 0 Å². The molecule has 0 aliphatic heterocycles. The highest BCUT2D eigenvalue weighted by molar-refractivity contribution is 9.11. The van der Waals surface area contributed by atoms with Gasteiger partial charge in [-0.05, 0) is 37.9 Å². The van der Waals surface area contributed by atoms with Gasteiger partial charge in [0.05, 0.1) is 4.47 Å². The van der Waals surface area contributed by atoms with Crippen molar-refractivity contribution < 1.29 is 21.9 Å². The van der Waals surface area contributed by atoms with Crippen molar-refractivity contribution in [2.45, 2.75) is 11.5 Å². The molecule has 1 aromatic rings. The maximum Gasteiger partial charge on any atom is 0.387 e. The fourth-order valence-electron chi connectivity index (χ4n) is 0.884. The van der Waals surface area contributed by atoms with E-state index in [4.69, 9.17) is 10.7 Å². The lowest BCUT2D eigenvalue weighted by atomic mass is 10.3. The van der Waals surface area contributed by atoms with Gasteiger partial charge in [0, 0.05) is 21.2 Å². The Labute approximate surface area is 111 Å². The van der Waals surface area contributed by atoms with Crippen molar-refractivity contribution in [1.29, 1.82) is 0 Å². The van der Waals surface area contributed by atoms with Crippen LogP contribution >= 0.6 is 42.5 Å². The molecular weight excluding hydrogens is 397 g/mol. The molecule has 0 amide bonds. The molecule has 0 saturated heterocycles. The number of benzene rings is 1. The quantitative estimate of drug-likeness (QED) is 0.726.